The van der Waals surface area contributed by atoms with Gasteiger partial charge in [0.05, 0.1) is 0 Å². The van der Waals surface area contributed by atoms with E-state index < -0.39 is 17.9 Å². The first-order chi connectivity index (χ1) is 10.2. The number of carboxylic acid groups (broad SMARTS) is 1. The number of aromatic nitrogens is 1. The largest absolute Gasteiger partial charge is 0.480 e. The molecule has 0 bridgehead atoms. The summed E-state index contributed by atoms with van der Waals surface area (Å²) < 4.78 is 0. The molecule has 1 heterocycles. The van der Waals surface area contributed by atoms with Crippen LogP contribution in [0.15, 0.2) is 16.9 Å². The van der Waals surface area contributed by atoms with Crippen molar-refractivity contribution in [1.29, 1.82) is 0 Å². The number of carbonyl (C=O) groups excluding carboxylic acids is 1. The molecule has 1 aromatic heterocycles. The van der Waals surface area contributed by atoms with Crippen molar-refractivity contribution in [3.8, 4) is 0 Å². The van der Waals surface area contributed by atoms with Gasteiger partial charge in [-0.1, -0.05) is 34.1 Å². The number of aliphatic carboxylic acids is 1. The van der Waals surface area contributed by atoms with Crippen LogP contribution in [-0.4, -0.2) is 28.0 Å². The van der Waals surface area contributed by atoms with E-state index in [0.717, 1.165) is 0 Å². The standard InChI is InChI=1S/C16H24N2O4/c1-5-10(4)14(16(21)22)18-15(20)11-7-12(6-9(2)3)17-13(19)8-11/h7-10,14H,5-6H2,1-4H3,(H,17,19)(H,18,20)(H,21,22)/t10-,14-/m0/s1. The zero-order valence-corrected chi connectivity index (χ0v) is 13.5. The maximum Gasteiger partial charge on any atom is 0.326 e. The summed E-state index contributed by atoms with van der Waals surface area (Å²) >= 11 is 0. The Bertz CT molecular complexity index is 592. The minimum absolute atomic E-state index is 0.189. The summed E-state index contributed by atoms with van der Waals surface area (Å²) in [4.78, 5) is 37.9. The van der Waals surface area contributed by atoms with Crippen molar-refractivity contribution in [3.05, 3.63) is 33.7 Å². The van der Waals surface area contributed by atoms with E-state index in [4.69, 9.17) is 0 Å². The number of carbonyl (C=O) groups is 2. The van der Waals surface area contributed by atoms with Crippen LogP contribution >= 0.6 is 0 Å². The third-order valence-corrected chi connectivity index (χ3v) is 3.56. The van der Waals surface area contributed by atoms with Crippen LogP contribution in [0.5, 0.6) is 0 Å². The molecule has 122 valence electrons. The van der Waals surface area contributed by atoms with E-state index in [0.29, 0.717) is 24.5 Å². The Morgan fingerprint density at radius 2 is 1.91 bits per heavy atom. The smallest absolute Gasteiger partial charge is 0.326 e. The molecule has 0 aliphatic heterocycles. The topological polar surface area (TPSA) is 99.3 Å². The minimum atomic E-state index is -1.07. The third-order valence-electron chi connectivity index (χ3n) is 3.56. The van der Waals surface area contributed by atoms with Crippen LogP contribution in [0.25, 0.3) is 0 Å². The minimum Gasteiger partial charge on any atom is -0.480 e. The van der Waals surface area contributed by atoms with Gasteiger partial charge in [-0.05, 0) is 24.3 Å². The van der Waals surface area contributed by atoms with Crippen molar-refractivity contribution in [1.82, 2.24) is 10.3 Å². The highest BCUT2D eigenvalue weighted by Crippen LogP contribution is 2.10. The van der Waals surface area contributed by atoms with Crippen LogP contribution in [0.3, 0.4) is 0 Å². The average molecular weight is 308 g/mol. The second-order valence-corrected chi connectivity index (χ2v) is 6.03. The van der Waals surface area contributed by atoms with Crippen molar-refractivity contribution in [3.63, 3.8) is 0 Å². The molecule has 22 heavy (non-hydrogen) atoms. The number of amides is 1. The number of H-pyrrole nitrogens is 1. The van der Waals surface area contributed by atoms with E-state index in [1.807, 2.05) is 20.8 Å². The summed E-state index contributed by atoms with van der Waals surface area (Å²) in [6.07, 6.45) is 1.27. The molecule has 1 aromatic rings. The van der Waals surface area contributed by atoms with E-state index in [2.05, 4.69) is 10.3 Å². The van der Waals surface area contributed by atoms with Crippen molar-refractivity contribution in [2.75, 3.05) is 0 Å². The van der Waals surface area contributed by atoms with Gasteiger partial charge in [0.25, 0.3) is 5.91 Å². The van der Waals surface area contributed by atoms with Crippen molar-refractivity contribution >= 4 is 11.9 Å². The molecule has 0 spiro atoms. The normalized spacial score (nSPS) is 13.7. The molecular weight excluding hydrogens is 284 g/mol. The van der Waals surface area contributed by atoms with Crippen molar-refractivity contribution in [2.24, 2.45) is 11.8 Å². The molecular formula is C16H24N2O4. The molecule has 3 N–H and O–H groups in total. The van der Waals surface area contributed by atoms with Gasteiger partial charge in [0.15, 0.2) is 0 Å². The van der Waals surface area contributed by atoms with Gasteiger partial charge in [0.1, 0.15) is 6.04 Å². The first kappa shape index (κ1) is 17.9. The maximum atomic E-state index is 12.2. The molecule has 1 amide bonds. The Labute approximate surface area is 129 Å². The molecule has 0 saturated heterocycles. The predicted octanol–water partition coefficient (Wildman–Crippen LogP) is 1.80. The Morgan fingerprint density at radius 1 is 1.27 bits per heavy atom. The SMILES string of the molecule is CC[C@H](C)[C@H](NC(=O)c1cc(CC(C)C)[nH]c(=O)c1)C(=O)O. The lowest BCUT2D eigenvalue weighted by Gasteiger charge is -2.20. The molecule has 6 heteroatoms. The highest BCUT2D eigenvalue weighted by Gasteiger charge is 2.26. The van der Waals surface area contributed by atoms with Gasteiger partial charge in [0, 0.05) is 17.3 Å². The number of nitrogens with one attached hydrogen (secondary N) is 2. The van der Waals surface area contributed by atoms with Gasteiger partial charge in [-0.2, -0.15) is 0 Å². The van der Waals surface area contributed by atoms with Crippen LogP contribution < -0.4 is 10.9 Å². The van der Waals surface area contributed by atoms with Gasteiger partial charge in [-0.3, -0.25) is 9.59 Å². The van der Waals surface area contributed by atoms with E-state index in [-0.39, 0.29) is 17.0 Å². The summed E-state index contributed by atoms with van der Waals surface area (Å²) in [7, 11) is 0. The summed E-state index contributed by atoms with van der Waals surface area (Å²) in [5.41, 5.74) is 0.496. The summed E-state index contributed by atoms with van der Waals surface area (Å²) in [6.45, 7) is 7.64. The molecule has 0 aliphatic carbocycles. The second-order valence-electron chi connectivity index (χ2n) is 6.03. The summed E-state index contributed by atoms with van der Waals surface area (Å²) in [5.74, 6) is -1.47. The Morgan fingerprint density at radius 3 is 2.41 bits per heavy atom. The van der Waals surface area contributed by atoms with Crippen LogP contribution in [0, 0.1) is 11.8 Å². The van der Waals surface area contributed by atoms with E-state index in [1.165, 1.54) is 6.07 Å². The fraction of sp³-hybridized carbons (Fsp3) is 0.562. The fourth-order valence-corrected chi connectivity index (χ4v) is 2.19. The lowest BCUT2D eigenvalue weighted by atomic mass is 9.99. The lowest BCUT2D eigenvalue weighted by molar-refractivity contribution is -0.140. The van der Waals surface area contributed by atoms with Crippen molar-refractivity contribution in [2.45, 2.75) is 46.6 Å². The third kappa shape index (κ3) is 5.02. The summed E-state index contributed by atoms with van der Waals surface area (Å²) in [6, 6.07) is 1.83. The Hall–Kier alpha value is -2.11. The van der Waals surface area contributed by atoms with Crippen LogP contribution in [0.2, 0.25) is 0 Å². The van der Waals surface area contributed by atoms with Gasteiger partial charge >= 0.3 is 5.97 Å². The quantitative estimate of drug-likeness (QED) is 0.715. The molecule has 0 unspecified atom stereocenters. The molecule has 0 radical (unpaired) electrons. The number of carboxylic acids is 1. The van der Waals surface area contributed by atoms with Crippen LogP contribution in [0.4, 0.5) is 0 Å². The molecule has 0 fully saturated rings. The highest BCUT2D eigenvalue weighted by molar-refractivity contribution is 5.96. The number of pyridine rings is 1. The Kier molecular flexibility index (Phi) is 6.34. The average Bonchev–Trinajstić information content (AvgIpc) is 2.41. The predicted molar refractivity (Wildman–Crippen MR) is 83.9 cm³/mol. The van der Waals surface area contributed by atoms with E-state index in [1.54, 1.807) is 13.0 Å². The summed E-state index contributed by atoms with van der Waals surface area (Å²) in [5, 5.41) is 11.7. The number of hydrogen-bond donors (Lipinski definition) is 3. The lowest BCUT2D eigenvalue weighted by Crippen LogP contribution is -2.45. The maximum absolute atomic E-state index is 12.2. The van der Waals surface area contributed by atoms with Gasteiger partial charge in [-0.25, -0.2) is 4.79 Å². The zero-order valence-electron chi connectivity index (χ0n) is 13.5. The zero-order chi connectivity index (χ0) is 16.9. The molecule has 0 aromatic carbocycles. The van der Waals surface area contributed by atoms with Gasteiger partial charge in [0.2, 0.25) is 5.56 Å². The first-order valence-corrected chi connectivity index (χ1v) is 7.51. The molecule has 2 atom stereocenters. The number of aromatic amines is 1. The number of hydrogen-bond acceptors (Lipinski definition) is 3. The van der Waals surface area contributed by atoms with Gasteiger partial charge < -0.3 is 15.4 Å². The first-order valence-electron chi connectivity index (χ1n) is 7.51. The monoisotopic (exact) mass is 308 g/mol. The van der Waals surface area contributed by atoms with E-state index in [9.17, 15) is 19.5 Å². The molecule has 6 nitrogen and oxygen atoms in total. The van der Waals surface area contributed by atoms with E-state index >= 15 is 0 Å². The molecule has 0 saturated carbocycles. The second kappa shape index (κ2) is 7.77. The highest BCUT2D eigenvalue weighted by atomic mass is 16.4. The fourth-order valence-electron chi connectivity index (χ4n) is 2.19. The van der Waals surface area contributed by atoms with Crippen LogP contribution in [-0.2, 0) is 11.2 Å². The van der Waals surface area contributed by atoms with Gasteiger partial charge in [-0.15, -0.1) is 0 Å². The Balaban J connectivity index is 2.99. The number of rotatable bonds is 7. The molecule has 0 aliphatic rings. The van der Waals surface area contributed by atoms with Crippen molar-refractivity contribution < 1.29 is 14.7 Å². The molecule has 1 rings (SSSR count). The van der Waals surface area contributed by atoms with Crippen LogP contribution in [0.1, 0.15) is 50.2 Å².